The number of hydrazone groups is 1. The molecule has 0 saturated heterocycles. The van der Waals surface area contributed by atoms with Crippen molar-refractivity contribution in [1.82, 2.24) is 5.43 Å². The zero-order valence-electron chi connectivity index (χ0n) is 7.04. The quantitative estimate of drug-likeness (QED) is 0.376. The maximum Gasteiger partial charge on any atom is 0.184 e. The van der Waals surface area contributed by atoms with E-state index in [1.165, 1.54) is 12.8 Å². The predicted octanol–water partition coefficient (Wildman–Crippen LogP) is 0.232. The van der Waals surface area contributed by atoms with Gasteiger partial charge in [-0.3, -0.25) is 5.43 Å². The molecule has 5 heteroatoms. The normalized spacial score (nSPS) is 17.6. The third-order valence-electron chi connectivity index (χ3n) is 1.65. The highest BCUT2D eigenvalue weighted by Crippen LogP contribution is 2.30. The molecule has 1 saturated carbocycles. The molecule has 0 radical (unpaired) electrons. The van der Waals surface area contributed by atoms with Gasteiger partial charge in [0.2, 0.25) is 0 Å². The fraction of sp³-hybridized carbons (Fsp3) is 0.714. The van der Waals surface area contributed by atoms with Gasteiger partial charge in [-0.25, -0.2) is 0 Å². The Balaban J connectivity index is 2.39. The fourth-order valence-corrected chi connectivity index (χ4v) is 0.978. The summed E-state index contributed by atoms with van der Waals surface area (Å²) in [4.78, 5) is 0. The maximum absolute atomic E-state index is 5.23. The SMILES string of the molecule is COCC(=NNC(N)=S)C1CC1. The van der Waals surface area contributed by atoms with E-state index in [0.717, 1.165) is 5.71 Å². The topological polar surface area (TPSA) is 59.6 Å². The second-order valence-electron chi connectivity index (χ2n) is 2.79. The lowest BCUT2D eigenvalue weighted by atomic mass is 10.3. The van der Waals surface area contributed by atoms with Gasteiger partial charge in [0, 0.05) is 13.0 Å². The van der Waals surface area contributed by atoms with E-state index in [1.807, 2.05) is 0 Å². The average Bonchev–Trinajstić information content (AvgIpc) is 2.79. The molecule has 0 aromatic rings. The number of thiocarbonyl (C=S) groups is 1. The van der Waals surface area contributed by atoms with Gasteiger partial charge < -0.3 is 10.5 Å². The third kappa shape index (κ3) is 3.15. The van der Waals surface area contributed by atoms with Gasteiger partial charge in [-0.05, 0) is 25.1 Å². The predicted molar refractivity (Wildman–Crippen MR) is 52.0 cm³/mol. The van der Waals surface area contributed by atoms with Gasteiger partial charge in [-0.2, -0.15) is 5.10 Å². The minimum atomic E-state index is 0.198. The van der Waals surface area contributed by atoms with Gasteiger partial charge in [0.15, 0.2) is 5.11 Å². The smallest absolute Gasteiger partial charge is 0.184 e. The Morgan fingerprint density at radius 2 is 2.42 bits per heavy atom. The van der Waals surface area contributed by atoms with E-state index in [4.69, 9.17) is 10.5 Å². The molecule has 0 aromatic heterocycles. The highest BCUT2D eigenvalue weighted by atomic mass is 32.1. The molecular weight excluding hydrogens is 174 g/mol. The summed E-state index contributed by atoms with van der Waals surface area (Å²) in [7, 11) is 1.65. The molecule has 3 N–H and O–H groups in total. The molecule has 4 nitrogen and oxygen atoms in total. The van der Waals surface area contributed by atoms with Crippen LogP contribution < -0.4 is 11.2 Å². The van der Waals surface area contributed by atoms with Crippen LogP contribution in [0.3, 0.4) is 0 Å². The van der Waals surface area contributed by atoms with Crippen molar-refractivity contribution < 1.29 is 4.74 Å². The van der Waals surface area contributed by atoms with Crippen LogP contribution in [-0.2, 0) is 4.74 Å². The van der Waals surface area contributed by atoms with Crippen molar-refractivity contribution >= 4 is 23.0 Å². The van der Waals surface area contributed by atoms with E-state index in [1.54, 1.807) is 7.11 Å². The summed E-state index contributed by atoms with van der Waals surface area (Å²) in [6.45, 7) is 0.556. The van der Waals surface area contributed by atoms with Gasteiger partial charge in [0.25, 0.3) is 0 Å². The van der Waals surface area contributed by atoms with E-state index in [-0.39, 0.29) is 5.11 Å². The summed E-state index contributed by atoms with van der Waals surface area (Å²) in [5.74, 6) is 0.576. The monoisotopic (exact) mass is 187 g/mol. The molecule has 12 heavy (non-hydrogen) atoms. The number of nitrogens with zero attached hydrogens (tertiary/aromatic N) is 1. The highest BCUT2D eigenvalue weighted by molar-refractivity contribution is 7.80. The second kappa shape index (κ2) is 4.37. The Hall–Kier alpha value is -0.680. The Morgan fingerprint density at radius 1 is 1.75 bits per heavy atom. The Kier molecular flexibility index (Phi) is 3.43. The molecule has 0 aromatic carbocycles. The van der Waals surface area contributed by atoms with Crippen LogP contribution in [0, 0.1) is 5.92 Å². The summed E-state index contributed by atoms with van der Waals surface area (Å²) in [6, 6.07) is 0. The van der Waals surface area contributed by atoms with Crippen LogP contribution in [0.4, 0.5) is 0 Å². The Morgan fingerprint density at radius 3 is 2.83 bits per heavy atom. The van der Waals surface area contributed by atoms with Crippen LogP contribution >= 0.6 is 12.2 Å². The molecule has 0 heterocycles. The molecule has 68 valence electrons. The summed E-state index contributed by atoms with van der Waals surface area (Å²) in [5.41, 5.74) is 8.80. The van der Waals surface area contributed by atoms with E-state index < -0.39 is 0 Å². The van der Waals surface area contributed by atoms with Gasteiger partial charge >= 0.3 is 0 Å². The van der Waals surface area contributed by atoms with E-state index in [0.29, 0.717) is 12.5 Å². The Labute approximate surface area is 77.2 Å². The van der Waals surface area contributed by atoms with Crippen molar-refractivity contribution in [3.63, 3.8) is 0 Å². The standard InChI is InChI=1S/C7H13N3OS/c1-11-4-6(5-2-3-5)9-10-7(8)12/h5H,2-4H2,1H3,(H3,8,10,12). The molecule has 0 atom stereocenters. The summed E-state index contributed by atoms with van der Waals surface area (Å²) >= 11 is 4.62. The lowest BCUT2D eigenvalue weighted by molar-refractivity contribution is 0.242. The molecule has 0 amide bonds. The number of hydrogen-bond donors (Lipinski definition) is 2. The van der Waals surface area contributed by atoms with Gasteiger partial charge in [-0.15, -0.1) is 0 Å². The van der Waals surface area contributed by atoms with Crippen LogP contribution in [0.1, 0.15) is 12.8 Å². The molecule has 1 aliphatic rings. The molecule has 1 fully saturated rings. The molecule has 1 aliphatic carbocycles. The van der Waals surface area contributed by atoms with Crippen LogP contribution in [0.15, 0.2) is 5.10 Å². The van der Waals surface area contributed by atoms with Crippen LogP contribution in [0.2, 0.25) is 0 Å². The average molecular weight is 187 g/mol. The van der Waals surface area contributed by atoms with Crippen LogP contribution in [0.5, 0.6) is 0 Å². The first-order chi connectivity index (χ1) is 5.74. The minimum Gasteiger partial charge on any atom is -0.379 e. The Bertz CT molecular complexity index is 201. The summed E-state index contributed by atoms with van der Waals surface area (Å²) in [5, 5.41) is 4.25. The first-order valence-electron chi connectivity index (χ1n) is 3.85. The van der Waals surface area contributed by atoms with Crippen LogP contribution in [-0.4, -0.2) is 24.5 Å². The fourth-order valence-electron chi connectivity index (χ4n) is 0.933. The van der Waals surface area contributed by atoms with Crippen molar-refractivity contribution in [2.45, 2.75) is 12.8 Å². The second-order valence-corrected chi connectivity index (χ2v) is 3.23. The number of nitrogens with one attached hydrogen (secondary N) is 1. The van der Waals surface area contributed by atoms with E-state index in [9.17, 15) is 0 Å². The first-order valence-corrected chi connectivity index (χ1v) is 4.25. The van der Waals surface area contributed by atoms with Crippen LogP contribution in [0.25, 0.3) is 0 Å². The molecule has 1 rings (SSSR count). The molecule has 0 spiro atoms. The zero-order valence-corrected chi connectivity index (χ0v) is 7.86. The van der Waals surface area contributed by atoms with Crippen molar-refractivity contribution in [2.75, 3.05) is 13.7 Å². The molecular formula is C7H13N3OS. The zero-order chi connectivity index (χ0) is 8.97. The summed E-state index contributed by atoms with van der Waals surface area (Å²) < 4.78 is 4.98. The number of methoxy groups -OCH3 is 1. The number of ether oxygens (including phenoxy) is 1. The van der Waals surface area contributed by atoms with Crippen molar-refractivity contribution in [1.29, 1.82) is 0 Å². The number of rotatable bonds is 4. The van der Waals surface area contributed by atoms with Gasteiger partial charge in [0.05, 0.1) is 12.3 Å². The summed E-state index contributed by atoms with van der Waals surface area (Å²) in [6.07, 6.45) is 2.39. The lowest BCUT2D eigenvalue weighted by Gasteiger charge is -2.03. The molecule has 0 bridgehead atoms. The molecule has 0 unspecified atom stereocenters. The largest absolute Gasteiger partial charge is 0.379 e. The number of nitrogens with two attached hydrogens (primary N) is 1. The minimum absolute atomic E-state index is 0.198. The first kappa shape index (κ1) is 9.41. The van der Waals surface area contributed by atoms with Crippen molar-refractivity contribution in [2.24, 2.45) is 16.8 Å². The third-order valence-corrected chi connectivity index (χ3v) is 1.74. The lowest BCUT2D eigenvalue weighted by Crippen LogP contribution is -2.27. The number of hydrogen-bond acceptors (Lipinski definition) is 3. The van der Waals surface area contributed by atoms with E-state index in [2.05, 4.69) is 22.7 Å². The van der Waals surface area contributed by atoms with E-state index >= 15 is 0 Å². The van der Waals surface area contributed by atoms with Gasteiger partial charge in [-0.1, -0.05) is 0 Å². The van der Waals surface area contributed by atoms with Crippen molar-refractivity contribution in [3.05, 3.63) is 0 Å². The maximum atomic E-state index is 5.23. The highest BCUT2D eigenvalue weighted by Gasteiger charge is 2.27. The van der Waals surface area contributed by atoms with Crippen molar-refractivity contribution in [3.8, 4) is 0 Å². The van der Waals surface area contributed by atoms with Gasteiger partial charge in [0.1, 0.15) is 0 Å². The molecule has 0 aliphatic heterocycles.